The molecular formula is C22H29ClN2S. The molecule has 3 rings (SSSR count). The van der Waals surface area contributed by atoms with Crippen LogP contribution in [0.25, 0.3) is 0 Å². The van der Waals surface area contributed by atoms with Gasteiger partial charge in [-0.15, -0.1) is 11.8 Å². The number of rotatable bonds is 4. The van der Waals surface area contributed by atoms with E-state index in [1.165, 1.54) is 28.0 Å². The average Bonchev–Trinajstić information content (AvgIpc) is 2.55. The van der Waals surface area contributed by atoms with Gasteiger partial charge in [-0.2, -0.15) is 0 Å². The minimum absolute atomic E-state index is 0.292. The lowest BCUT2D eigenvalue weighted by molar-refractivity contribution is 0.410. The summed E-state index contributed by atoms with van der Waals surface area (Å²) in [6.07, 6.45) is 6.44. The van der Waals surface area contributed by atoms with E-state index in [4.69, 9.17) is 11.6 Å². The first kappa shape index (κ1) is 19.7. The molecule has 1 aliphatic rings. The van der Waals surface area contributed by atoms with Crippen molar-refractivity contribution in [2.75, 3.05) is 13.1 Å². The van der Waals surface area contributed by atoms with Crippen molar-refractivity contribution in [3.63, 3.8) is 0 Å². The number of thioether (sulfide) groups is 1. The Bertz CT molecular complexity index is 735. The summed E-state index contributed by atoms with van der Waals surface area (Å²) in [7, 11) is 0. The van der Waals surface area contributed by atoms with Crippen LogP contribution in [0.15, 0.2) is 35.4 Å². The van der Waals surface area contributed by atoms with Crippen molar-refractivity contribution in [1.82, 2.24) is 10.3 Å². The van der Waals surface area contributed by atoms with Crippen LogP contribution < -0.4 is 5.32 Å². The molecule has 26 heavy (non-hydrogen) atoms. The van der Waals surface area contributed by atoms with Gasteiger partial charge in [-0.3, -0.25) is 4.98 Å². The zero-order valence-corrected chi connectivity index (χ0v) is 17.6. The molecule has 0 bridgehead atoms. The SMILES string of the molecule is CC(C)(C)Cc1ccc(CSc2c(Cl)ccc3c2CCCNCC3)nc1. The number of nitrogens with zero attached hydrogens (tertiary/aromatic N) is 1. The Morgan fingerprint density at radius 3 is 2.69 bits per heavy atom. The molecule has 1 aromatic heterocycles. The summed E-state index contributed by atoms with van der Waals surface area (Å²) in [5.41, 5.74) is 5.61. The number of benzene rings is 1. The second-order valence-electron chi connectivity index (χ2n) is 8.30. The number of hydrogen-bond donors (Lipinski definition) is 1. The smallest absolute Gasteiger partial charge is 0.0544 e. The van der Waals surface area contributed by atoms with E-state index in [9.17, 15) is 0 Å². The Balaban J connectivity index is 1.72. The highest BCUT2D eigenvalue weighted by molar-refractivity contribution is 7.98. The van der Waals surface area contributed by atoms with Gasteiger partial charge in [-0.1, -0.05) is 44.5 Å². The van der Waals surface area contributed by atoms with E-state index in [2.05, 4.69) is 55.3 Å². The number of halogens is 1. The van der Waals surface area contributed by atoms with E-state index in [-0.39, 0.29) is 0 Å². The molecule has 2 nitrogen and oxygen atoms in total. The number of hydrogen-bond acceptors (Lipinski definition) is 3. The monoisotopic (exact) mass is 388 g/mol. The van der Waals surface area contributed by atoms with Crippen LogP contribution in [0, 0.1) is 5.41 Å². The van der Waals surface area contributed by atoms with Gasteiger partial charge in [0.05, 0.1) is 10.7 Å². The maximum atomic E-state index is 6.56. The highest BCUT2D eigenvalue weighted by atomic mass is 35.5. The average molecular weight is 389 g/mol. The molecule has 4 heteroatoms. The maximum Gasteiger partial charge on any atom is 0.0544 e. The van der Waals surface area contributed by atoms with Crippen molar-refractivity contribution >= 4 is 23.4 Å². The van der Waals surface area contributed by atoms with E-state index >= 15 is 0 Å². The topological polar surface area (TPSA) is 24.9 Å². The van der Waals surface area contributed by atoms with E-state index < -0.39 is 0 Å². The number of fused-ring (bicyclic) bond motifs is 1. The Morgan fingerprint density at radius 1 is 1.12 bits per heavy atom. The van der Waals surface area contributed by atoms with Crippen LogP contribution in [0.2, 0.25) is 5.02 Å². The minimum atomic E-state index is 0.292. The third-order valence-corrected chi connectivity index (χ3v) is 6.27. The predicted octanol–water partition coefficient (Wildman–Crippen LogP) is 5.69. The predicted molar refractivity (Wildman–Crippen MR) is 113 cm³/mol. The lowest BCUT2D eigenvalue weighted by atomic mass is 9.89. The van der Waals surface area contributed by atoms with Crippen molar-refractivity contribution < 1.29 is 0 Å². The molecule has 0 radical (unpaired) electrons. The third kappa shape index (κ3) is 5.48. The van der Waals surface area contributed by atoms with E-state index in [0.29, 0.717) is 5.41 Å². The Morgan fingerprint density at radius 2 is 1.96 bits per heavy atom. The quantitative estimate of drug-likeness (QED) is 0.680. The van der Waals surface area contributed by atoms with Crippen molar-refractivity contribution in [2.24, 2.45) is 5.41 Å². The van der Waals surface area contributed by atoms with E-state index in [1.54, 1.807) is 0 Å². The van der Waals surface area contributed by atoms with Gasteiger partial charge >= 0.3 is 0 Å². The Kier molecular flexibility index (Phi) is 6.65. The molecule has 1 aromatic carbocycles. The summed E-state index contributed by atoms with van der Waals surface area (Å²) in [5.74, 6) is 0.865. The van der Waals surface area contributed by atoms with Crippen LogP contribution in [-0.2, 0) is 25.0 Å². The lowest BCUT2D eigenvalue weighted by Gasteiger charge is -2.19. The van der Waals surface area contributed by atoms with Gasteiger partial charge in [0.25, 0.3) is 0 Å². The van der Waals surface area contributed by atoms with Crippen molar-refractivity contribution in [2.45, 2.75) is 57.1 Å². The second kappa shape index (κ2) is 8.77. The normalized spacial score (nSPS) is 15.2. The fourth-order valence-electron chi connectivity index (χ4n) is 3.45. The van der Waals surface area contributed by atoms with Gasteiger partial charge in [-0.25, -0.2) is 0 Å². The van der Waals surface area contributed by atoms with Crippen molar-refractivity contribution in [3.8, 4) is 0 Å². The van der Waals surface area contributed by atoms with Crippen LogP contribution in [-0.4, -0.2) is 18.1 Å². The first-order valence-electron chi connectivity index (χ1n) is 9.50. The molecule has 1 aliphatic heterocycles. The van der Waals surface area contributed by atoms with E-state index in [1.807, 2.05) is 18.0 Å². The van der Waals surface area contributed by atoms with Gasteiger partial charge in [0.2, 0.25) is 0 Å². The standard InChI is InChI=1S/C22H29ClN2S/c1-22(2,3)13-16-6-8-18(25-14-16)15-26-21-19-5-4-11-24-12-10-17(19)7-9-20(21)23/h6-9,14,24H,4-5,10-13,15H2,1-3H3. The summed E-state index contributed by atoms with van der Waals surface area (Å²) >= 11 is 8.40. The molecule has 2 heterocycles. The highest BCUT2D eigenvalue weighted by Crippen LogP contribution is 2.36. The summed E-state index contributed by atoms with van der Waals surface area (Å²) in [4.78, 5) is 5.94. The molecule has 0 spiro atoms. The molecule has 0 saturated heterocycles. The van der Waals surface area contributed by atoms with Crippen molar-refractivity contribution in [3.05, 3.63) is 57.9 Å². The molecule has 0 aliphatic carbocycles. The van der Waals surface area contributed by atoms with Gasteiger partial charge < -0.3 is 5.32 Å². The number of nitrogens with one attached hydrogen (secondary N) is 1. The zero-order chi connectivity index (χ0) is 18.6. The molecule has 1 N–H and O–H groups in total. The Hall–Kier alpha value is -1.03. The molecule has 0 fully saturated rings. The van der Waals surface area contributed by atoms with Crippen LogP contribution in [0.4, 0.5) is 0 Å². The largest absolute Gasteiger partial charge is 0.316 e. The van der Waals surface area contributed by atoms with Gasteiger partial charge in [0, 0.05) is 16.8 Å². The van der Waals surface area contributed by atoms with Crippen LogP contribution in [0.1, 0.15) is 49.6 Å². The van der Waals surface area contributed by atoms with E-state index in [0.717, 1.165) is 48.8 Å². The molecule has 0 atom stereocenters. The fourth-order valence-corrected chi connectivity index (χ4v) is 4.86. The number of pyridine rings is 1. The van der Waals surface area contributed by atoms with Gasteiger partial charge in [-0.05, 0) is 73.0 Å². The second-order valence-corrected chi connectivity index (χ2v) is 9.69. The van der Waals surface area contributed by atoms with Crippen LogP contribution in [0.5, 0.6) is 0 Å². The summed E-state index contributed by atoms with van der Waals surface area (Å²) in [5, 5.41) is 4.37. The van der Waals surface area contributed by atoms with Crippen LogP contribution >= 0.6 is 23.4 Å². The highest BCUT2D eigenvalue weighted by Gasteiger charge is 2.15. The van der Waals surface area contributed by atoms with Gasteiger partial charge in [0.1, 0.15) is 0 Å². The molecule has 140 valence electrons. The molecule has 0 unspecified atom stereocenters. The number of aromatic nitrogens is 1. The summed E-state index contributed by atoms with van der Waals surface area (Å²) in [6.45, 7) is 8.93. The van der Waals surface area contributed by atoms with Crippen molar-refractivity contribution in [1.29, 1.82) is 0 Å². The molecular weight excluding hydrogens is 360 g/mol. The molecule has 0 saturated carbocycles. The summed E-state index contributed by atoms with van der Waals surface area (Å²) < 4.78 is 0. The van der Waals surface area contributed by atoms with Gasteiger partial charge in [0.15, 0.2) is 0 Å². The molecule has 2 aromatic rings. The third-order valence-electron chi connectivity index (χ3n) is 4.65. The Labute approximate surface area is 167 Å². The zero-order valence-electron chi connectivity index (χ0n) is 16.1. The fraction of sp³-hybridized carbons (Fsp3) is 0.500. The molecule has 0 amide bonds. The minimum Gasteiger partial charge on any atom is -0.316 e. The lowest BCUT2D eigenvalue weighted by Crippen LogP contribution is -2.22. The maximum absolute atomic E-state index is 6.56. The first-order chi connectivity index (χ1) is 12.4. The van der Waals surface area contributed by atoms with Crippen LogP contribution in [0.3, 0.4) is 0 Å². The first-order valence-corrected chi connectivity index (χ1v) is 10.9. The summed E-state index contributed by atoms with van der Waals surface area (Å²) in [6, 6.07) is 8.65.